The van der Waals surface area contributed by atoms with Gasteiger partial charge < -0.3 is 14.4 Å². The van der Waals surface area contributed by atoms with Crippen molar-refractivity contribution in [1.29, 1.82) is 0 Å². The molecule has 7 heteroatoms. The maximum absolute atomic E-state index is 12.0. The summed E-state index contributed by atoms with van der Waals surface area (Å²) in [6.07, 6.45) is 0. The molecule has 29 heavy (non-hydrogen) atoms. The Balaban J connectivity index is 1.69. The topological polar surface area (TPSA) is 90.0 Å². The van der Waals surface area contributed by atoms with Crippen LogP contribution in [0.25, 0.3) is 0 Å². The Labute approximate surface area is 164 Å². The first kappa shape index (κ1) is 16.9. The van der Waals surface area contributed by atoms with Gasteiger partial charge >= 0.3 is 23.9 Å². The van der Waals surface area contributed by atoms with E-state index in [1.807, 2.05) is 30.3 Å². The first-order chi connectivity index (χ1) is 14.0. The zero-order valence-electron chi connectivity index (χ0n) is 14.7. The number of rotatable bonds is 3. The van der Waals surface area contributed by atoms with Gasteiger partial charge in [-0.3, -0.25) is 0 Å². The van der Waals surface area contributed by atoms with E-state index in [0.29, 0.717) is 11.4 Å². The molecule has 0 amide bonds. The summed E-state index contributed by atoms with van der Waals surface area (Å²) in [5, 5.41) is 0. The number of carbonyl (C=O) groups excluding carboxylic acids is 4. The highest BCUT2D eigenvalue weighted by Crippen LogP contribution is 2.38. The van der Waals surface area contributed by atoms with Crippen LogP contribution in [-0.4, -0.2) is 23.9 Å². The number of carbonyl (C=O) groups is 4. The zero-order valence-corrected chi connectivity index (χ0v) is 14.7. The molecule has 0 radical (unpaired) electrons. The van der Waals surface area contributed by atoms with Crippen molar-refractivity contribution in [2.24, 2.45) is 0 Å². The van der Waals surface area contributed by atoms with Crippen LogP contribution in [-0.2, 0) is 9.47 Å². The zero-order chi connectivity index (χ0) is 20.1. The maximum atomic E-state index is 12.0. The van der Waals surface area contributed by atoms with E-state index in [2.05, 4.69) is 9.47 Å². The Morgan fingerprint density at radius 2 is 0.931 bits per heavy atom. The number of fused-ring (bicyclic) bond motifs is 2. The highest BCUT2D eigenvalue weighted by Gasteiger charge is 2.32. The number of benzene rings is 3. The average Bonchev–Trinajstić information content (AvgIpc) is 3.18. The van der Waals surface area contributed by atoms with Gasteiger partial charge in [0.2, 0.25) is 0 Å². The summed E-state index contributed by atoms with van der Waals surface area (Å²) in [6, 6.07) is 18.8. The minimum atomic E-state index is -0.706. The largest absolute Gasteiger partial charge is 0.386 e. The fourth-order valence-electron chi connectivity index (χ4n) is 3.45. The average molecular weight is 385 g/mol. The molecule has 0 bridgehead atoms. The lowest BCUT2D eigenvalue weighted by Crippen LogP contribution is -2.11. The lowest BCUT2D eigenvalue weighted by Gasteiger charge is -2.25. The van der Waals surface area contributed by atoms with Crippen LogP contribution in [0, 0.1) is 0 Å². The molecule has 7 nitrogen and oxygen atoms in total. The van der Waals surface area contributed by atoms with Gasteiger partial charge in [0.1, 0.15) is 0 Å². The molecule has 0 saturated heterocycles. The summed E-state index contributed by atoms with van der Waals surface area (Å²) >= 11 is 0. The van der Waals surface area contributed by atoms with Crippen LogP contribution in [0.4, 0.5) is 17.1 Å². The van der Waals surface area contributed by atoms with E-state index in [1.54, 1.807) is 29.2 Å². The smallest absolute Gasteiger partial charge is 0.346 e. The number of hydrogen-bond donors (Lipinski definition) is 0. The van der Waals surface area contributed by atoms with Crippen LogP contribution in [0.3, 0.4) is 0 Å². The van der Waals surface area contributed by atoms with E-state index >= 15 is 0 Å². The third-order valence-electron chi connectivity index (χ3n) is 4.79. The number of ether oxygens (including phenoxy) is 2. The summed E-state index contributed by atoms with van der Waals surface area (Å²) < 4.78 is 9.34. The van der Waals surface area contributed by atoms with Gasteiger partial charge in [-0.1, -0.05) is 18.2 Å². The normalized spacial score (nSPS) is 14.3. The van der Waals surface area contributed by atoms with Gasteiger partial charge in [0, 0.05) is 17.1 Å². The Morgan fingerprint density at radius 3 is 1.41 bits per heavy atom. The van der Waals surface area contributed by atoms with Gasteiger partial charge in [-0.2, -0.15) is 0 Å². The third-order valence-corrected chi connectivity index (χ3v) is 4.79. The first-order valence-electron chi connectivity index (χ1n) is 8.69. The second kappa shape index (κ2) is 6.13. The molecule has 3 aromatic rings. The number of esters is 4. The van der Waals surface area contributed by atoms with Gasteiger partial charge in [0.15, 0.2) is 0 Å². The van der Waals surface area contributed by atoms with Crippen LogP contribution in [0.5, 0.6) is 0 Å². The van der Waals surface area contributed by atoms with E-state index in [0.717, 1.165) is 5.69 Å². The fraction of sp³-hybridized carbons (Fsp3) is 0. The summed E-state index contributed by atoms with van der Waals surface area (Å²) in [5.41, 5.74) is 2.67. The molecule has 0 N–H and O–H groups in total. The van der Waals surface area contributed by atoms with Crippen LogP contribution in [0.2, 0.25) is 0 Å². The third kappa shape index (κ3) is 2.60. The lowest BCUT2D eigenvalue weighted by molar-refractivity contribution is 0.0425. The summed E-state index contributed by atoms with van der Waals surface area (Å²) in [7, 11) is 0. The molecular weight excluding hydrogens is 374 g/mol. The second-order valence-corrected chi connectivity index (χ2v) is 6.48. The molecule has 0 spiro atoms. The van der Waals surface area contributed by atoms with Gasteiger partial charge in [0.05, 0.1) is 22.3 Å². The van der Waals surface area contributed by atoms with Gasteiger partial charge in [-0.15, -0.1) is 0 Å². The Bertz CT molecular complexity index is 1150. The predicted octanol–water partition coefficient (Wildman–Crippen LogP) is 3.78. The summed E-state index contributed by atoms with van der Waals surface area (Å²) in [5.74, 6) is -2.77. The van der Waals surface area contributed by atoms with Crippen molar-refractivity contribution in [3.8, 4) is 0 Å². The van der Waals surface area contributed by atoms with Crippen molar-refractivity contribution in [2.75, 3.05) is 4.90 Å². The summed E-state index contributed by atoms with van der Waals surface area (Å²) in [4.78, 5) is 49.3. The van der Waals surface area contributed by atoms with E-state index in [9.17, 15) is 19.2 Å². The SMILES string of the molecule is O=C1OC(=O)c2cc(N(c3ccccc3)c3ccc4c(c3)C(=O)OC4=O)ccc21. The van der Waals surface area contributed by atoms with Crippen LogP contribution < -0.4 is 4.90 Å². The number of hydrogen-bond acceptors (Lipinski definition) is 7. The summed E-state index contributed by atoms with van der Waals surface area (Å²) in [6.45, 7) is 0. The first-order valence-corrected chi connectivity index (χ1v) is 8.69. The predicted molar refractivity (Wildman–Crippen MR) is 101 cm³/mol. The van der Waals surface area contributed by atoms with Gasteiger partial charge in [0.25, 0.3) is 0 Å². The second-order valence-electron chi connectivity index (χ2n) is 6.48. The minimum absolute atomic E-state index is 0.171. The van der Waals surface area contributed by atoms with E-state index in [1.165, 1.54) is 12.1 Å². The molecule has 140 valence electrons. The quantitative estimate of drug-likeness (QED) is 0.501. The van der Waals surface area contributed by atoms with Crippen LogP contribution >= 0.6 is 0 Å². The highest BCUT2D eigenvalue weighted by molar-refractivity contribution is 6.16. The molecule has 3 aromatic carbocycles. The molecular formula is C22H11NO6. The molecule has 0 unspecified atom stereocenters. The van der Waals surface area contributed by atoms with Crippen LogP contribution in [0.1, 0.15) is 41.4 Å². The number of cyclic esters (lactones) is 4. The van der Waals surface area contributed by atoms with Crippen molar-refractivity contribution in [1.82, 2.24) is 0 Å². The lowest BCUT2D eigenvalue weighted by atomic mass is 10.0. The molecule has 0 aliphatic carbocycles. The Kier molecular flexibility index (Phi) is 3.57. The maximum Gasteiger partial charge on any atom is 0.346 e. The highest BCUT2D eigenvalue weighted by atomic mass is 16.6. The molecule has 0 fully saturated rings. The van der Waals surface area contributed by atoms with Crippen molar-refractivity contribution in [3.63, 3.8) is 0 Å². The van der Waals surface area contributed by atoms with E-state index < -0.39 is 23.9 Å². The number of para-hydroxylation sites is 1. The molecule has 2 aliphatic rings. The Morgan fingerprint density at radius 1 is 0.483 bits per heavy atom. The van der Waals surface area contributed by atoms with Crippen molar-refractivity contribution >= 4 is 40.9 Å². The van der Waals surface area contributed by atoms with E-state index in [4.69, 9.17) is 0 Å². The van der Waals surface area contributed by atoms with Crippen molar-refractivity contribution in [3.05, 3.63) is 89.0 Å². The van der Waals surface area contributed by atoms with Crippen molar-refractivity contribution < 1.29 is 28.7 Å². The molecule has 0 atom stereocenters. The van der Waals surface area contributed by atoms with E-state index in [-0.39, 0.29) is 22.3 Å². The number of nitrogens with zero attached hydrogens (tertiary/aromatic N) is 1. The van der Waals surface area contributed by atoms with Gasteiger partial charge in [-0.25, -0.2) is 19.2 Å². The van der Waals surface area contributed by atoms with Crippen LogP contribution in [0.15, 0.2) is 66.7 Å². The molecule has 0 saturated carbocycles. The van der Waals surface area contributed by atoms with Gasteiger partial charge in [-0.05, 0) is 48.5 Å². The minimum Gasteiger partial charge on any atom is -0.386 e. The number of anilines is 3. The fourth-order valence-corrected chi connectivity index (χ4v) is 3.45. The molecule has 0 aromatic heterocycles. The van der Waals surface area contributed by atoms with Crippen molar-refractivity contribution in [2.45, 2.75) is 0 Å². The molecule has 2 heterocycles. The molecule has 5 rings (SSSR count). The molecule has 2 aliphatic heterocycles. The standard InChI is InChI=1S/C22H11NO6/c24-19-15-8-6-13(10-17(15)21(26)28-19)23(12-4-2-1-3-5-12)14-7-9-16-18(11-14)22(27)29-20(16)25/h1-11H. The Hall–Kier alpha value is -4.26. The monoisotopic (exact) mass is 385 g/mol.